The Bertz CT molecular complexity index is 459. The monoisotopic (exact) mass is 250 g/mol. The van der Waals surface area contributed by atoms with Crippen LogP contribution in [0.15, 0.2) is 23.4 Å². The second-order valence-electron chi connectivity index (χ2n) is 4.28. The molecule has 0 spiro atoms. The van der Waals surface area contributed by atoms with E-state index in [1.165, 1.54) is 4.90 Å². The molecular weight excluding hydrogens is 232 g/mol. The molecule has 1 aromatic heterocycles. The summed E-state index contributed by atoms with van der Waals surface area (Å²) in [5, 5.41) is 11.5. The number of oxime groups is 1. The summed E-state index contributed by atoms with van der Waals surface area (Å²) < 4.78 is 0. The molecule has 0 aromatic carbocycles. The van der Waals surface area contributed by atoms with Crippen LogP contribution in [0.1, 0.15) is 23.1 Å². The molecule has 98 valence electrons. The fraction of sp³-hybridized carbons (Fsp3) is 0.417. The van der Waals surface area contributed by atoms with E-state index in [1.54, 1.807) is 26.1 Å². The molecule has 1 heterocycles. The molecule has 0 saturated heterocycles. The highest BCUT2D eigenvalue weighted by molar-refractivity contribution is 5.92. The number of hydrogen-bond donors (Lipinski definition) is 2. The molecule has 0 aliphatic heterocycles. The van der Waals surface area contributed by atoms with E-state index < -0.39 is 0 Å². The zero-order valence-electron chi connectivity index (χ0n) is 10.8. The highest BCUT2D eigenvalue weighted by atomic mass is 16.4. The number of hydrogen-bond acceptors (Lipinski definition) is 4. The lowest BCUT2D eigenvalue weighted by atomic mass is 10.1. The number of nitrogens with two attached hydrogens (primary N) is 1. The third-order valence-electron chi connectivity index (χ3n) is 2.62. The molecule has 3 N–H and O–H groups in total. The average Bonchev–Trinajstić information content (AvgIpc) is 2.36. The van der Waals surface area contributed by atoms with E-state index in [1.807, 2.05) is 13.0 Å². The highest BCUT2D eigenvalue weighted by Crippen LogP contribution is 2.05. The van der Waals surface area contributed by atoms with Crippen LogP contribution in [0.2, 0.25) is 0 Å². The van der Waals surface area contributed by atoms with Gasteiger partial charge in [0.2, 0.25) is 0 Å². The fourth-order valence-electron chi connectivity index (χ4n) is 1.54. The zero-order valence-corrected chi connectivity index (χ0v) is 10.8. The van der Waals surface area contributed by atoms with Crippen LogP contribution in [0.4, 0.5) is 0 Å². The molecule has 6 heteroatoms. The van der Waals surface area contributed by atoms with Gasteiger partial charge in [-0.15, -0.1) is 0 Å². The Balaban J connectivity index is 2.73. The SMILES string of the molecule is Cc1cccc(C(=O)N(C)CC(C)/C(N)=N/O)n1. The smallest absolute Gasteiger partial charge is 0.272 e. The van der Waals surface area contributed by atoms with Gasteiger partial charge in [-0.05, 0) is 19.1 Å². The van der Waals surface area contributed by atoms with Crippen LogP contribution in [0.5, 0.6) is 0 Å². The third kappa shape index (κ3) is 3.44. The van der Waals surface area contributed by atoms with Gasteiger partial charge in [-0.3, -0.25) is 4.79 Å². The third-order valence-corrected chi connectivity index (χ3v) is 2.62. The number of carbonyl (C=O) groups excluding carboxylic acids is 1. The van der Waals surface area contributed by atoms with Crippen molar-refractivity contribution in [1.82, 2.24) is 9.88 Å². The molecule has 1 unspecified atom stereocenters. The van der Waals surface area contributed by atoms with Crippen molar-refractivity contribution < 1.29 is 10.0 Å². The molecule has 6 nitrogen and oxygen atoms in total. The van der Waals surface area contributed by atoms with E-state index in [2.05, 4.69) is 10.1 Å². The Morgan fingerprint density at radius 1 is 1.61 bits per heavy atom. The Kier molecular flexibility index (Phi) is 4.65. The van der Waals surface area contributed by atoms with E-state index in [4.69, 9.17) is 10.9 Å². The molecule has 0 radical (unpaired) electrons. The van der Waals surface area contributed by atoms with E-state index in [-0.39, 0.29) is 17.7 Å². The summed E-state index contributed by atoms with van der Waals surface area (Å²) >= 11 is 0. The second kappa shape index (κ2) is 6.00. The lowest BCUT2D eigenvalue weighted by Gasteiger charge is -2.20. The summed E-state index contributed by atoms with van der Waals surface area (Å²) in [6, 6.07) is 5.28. The molecule has 1 aromatic rings. The molecule has 0 aliphatic rings. The van der Waals surface area contributed by atoms with Crippen LogP contribution in [-0.2, 0) is 0 Å². The summed E-state index contributed by atoms with van der Waals surface area (Å²) in [6.45, 7) is 3.97. The number of aromatic nitrogens is 1. The average molecular weight is 250 g/mol. The molecule has 18 heavy (non-hydrogen) atoms. The summed E-state index contributed by atoms with van der Waals surface area (Å²) in [7, 11) is 1.66. The van der Waals surface area contributed by atoms with Crippen molar-refractivity contribution in [3.63, 3.8) is 0 Å². The highest BCUT2D eigenvalue weighted by Gasteiger charge is 2.17. The van der Waals surface area contributed by atoms with E-state index in [9.17, 15) is 4.79 Å². The first-order valence-corrected chi connectivity index (χ1v) is 5.62. The minimum atomic E-state index is -0.214. The maximum atomic E-state index is 12.1. The molecule has 1 atom stereocenters. The van der Waals surface area contributed by atoms with Gasteiger partial charge in [0.1, 0.15) is 11.5 Å². The van der Waals surface area contributed by atoms with Crippen molar-refractivity contribution in [3.05, 3.63) is 29.6 Å². The van der Waals surface area contributed by atoms with Crippen LogP contribution in [0.3, 0.4) is 0 Å². The Morgan fingerprint density at radius 2 is 2.28 bits per heavy atom. The van der Waals surface area contributed by atoms with Gasteiger partial charge >= 0.3 is 0 Å². The molecular formula is C12H18N4O2. The van der Waals surface area contributed by atoms with Crippen LogP contribution in [-0.4, -0.2) is 40.4 Å². The van der Waals surface area contributed by atoms with Crippen LogP contribution >= 0.6 is 0 Å². The van der Waals surface area contributed by atoms with Crippen LogP contribution in [0, 0.1) is 12.8 Å². The minimum absolute atomic E-state index is 0.104. The van der Waals surface area contributed by atoms with Gasteiger partial charge in [0.25, 0.3) is 5.91 Å². The first kappa shape index (κ1) is 14.0. The minimum Gasteiger partial charge on any atom is -0.409 e. The van der Waals surface area contributed by atoms with Gasteiger partial charge in [-0.25, -0.2) is 4.98 Å². The first-order chi connectivity index (χ1) is 8.45. The number of aryl methyl sites for hydroxylation is 1. The standard InChI is InChI=1S/C12H18N4O2/c1-8(11(13)15-18)7-16(3)12(17)10-6-4-5-9(2)14-10/h4-6,8,18H,7H2,1-3H3,(H2,13,15). The Hall–Kier alpha value is -2.11. The number of amides is 1. The molecule has 0 aliphatic carbocycles. The van der Waals surface area contributed by atoms with Crippen molar-refractivity contribution in [2.75, 3.05) is 13.6 Å². The molecule has 1 rings (SSSR count). The van der Waals surface area contributed by atoms with Gasteiger partial charge in [0.05, 0.1) is 0 Å². The van der Waals surface area contributed by atoms with Crippen LogP contribution in [0.25, 0.3) is 0 Å². The van der Waals surface area contributed by atoms with E-state index >= 15 is 0 Å². The predicted octanol–water partition coefficient (Wildman–Crippen LogP) is 0.845. The number of pyridine rings is 1. The molecule has 1 amide bonds. The fourth-order valence-corrected chi connectivity index (χ4v) is 1.54. The maximum absolute atomic E-state index is 12.1. The summed E-state index contributed by atoms with van der Waals surface area (Å²) in [5.41, 5.74) is 6.66. The topological polar surface area (TPSA) is 91.8 Å². The van der Waals surface area contributed by atoms with Crippen molar-refractivity contribution in [2.24, 2.45) is 16.8 Å². The van der Waals surface area contributed by atoms with Crippen molar-refractivity contribution >= 4 is 11.7 Å². The normalized spacial score (nSPS) is 13.2. The lowest BCUT2D eigenvalue weighted by Crippen LogP contribution is -2.36. The van der Waals surface area contributed by atoms with E-state index in [0.717, 1.165) is 5.69 Å². The van der Waals surface area contributed by atoms with Gasteiger partial charge < -0.3 is 15.8 Å². The number of rotatable bonds is 4. The first-order valence-electron chi connectivity index (χ1n) is 5.62. The number of nitrogens with zero attached hydrogens (tertiary/aromatic N) is 3. The maximum Gasteiger partial charge on any atom is 0.272 e. The van der Waals surface area contributed by atoms with Gasteiger partial charge in [0.15, 0.2) is 0 Å². The molecule has 0 fully saturated rings. The summed E-state index contributed by atoms with van der Waals surface area (Å²) in [6.07, 6.45) is 0. The predicted molar refractivity (Wildman–Crippen MR) is 68.5 cm³/mol. The second-order valence-corrected chi connectivity index (χ2v) is 4.28. The van der Waals surface area contributed by atoms with E-state index in [0.29, 0.717) is 12.2 Å². The Morgan fingerprint density at radius 3 is 2.83 bits per heavy atom. The molecule has 0 bridgehead atoms. The summed E-state index contributed by atoms with van der Waals surface area (Å²) in [5.74, 6) is -0.295. The van der Waals surface area contributed by atoms with Gasteiger partial charge in [-0.1, -0.05) is 18.1 Å². The van der Waals surface area contributed by atoms with Crippen LogP contribution < -0.4 is 5.73 Å². The lowest BCUT2D eigenvalue weighted by molar-refractivity contribution is 0.0780. The van der Waals surface area contributed by atoms with Gasteiger partial charge in [-0.2, -0.15) is 0 Å². The quantitative estimate of drug-likeness (QED) is 0.358. The number of amidine groups is 1. The van der Waals surface area contributed by atoms with Crippen molar-refractivity contribution in [3.8, 4) is 0 Å². The van der Waals surface area contributed by atoms with Gasteiger partial charge in [0, 0.05) is 25.2 Å². The number of carbonyl (C=O) groups is 1. The largest absolute Gasteiger partial charge is 0.409 e. The molecule has 0 saturated carbocycles. The van der Waals surface area contributed by atoms with Crippen molar-refractivity contribution in [2.45, 2.75) is 13.8 Å². The zero-order chi connectivity index (χ0) is 13.7. The Labute approximate surface area is 106 Å². The van der Waals surface area contributed by atoms with Crippen molar-refractivity contribution in [1.29, 1.82) is 0 Å². The summed E-state index contributed by atoms with van der Waals surface area (Å²) in [4.78, 5) is 17.7.